The second-order valence-corrected chi connectivity index (χ2v) is 5.64. The molecular weight excluding hydrogens is 258 g/mol. The average molecular weight is 282 g/mol. The van der Waals surface area contributed by atoms with Crippen molar-refractivity contribution in [3.63, 3.8) is 0 Å². The summed E-state index contributed by atoms with van der Waals surface area (Å²) in [5.74, 6) is -0.787. The molecule has 0 bridgehead atoms. The van der Waals surface area contributed by atoms with Gasteiger partial charge >= 0.3 is 0 Å². The van der Waals surface area contributed by atoms with Gasteiger partial charge in [0.1, 0.15) is 0 Å². The molecule has 2 nitrogen and oxygen atoms in total. The predicted molar refractivity (Wildman–Crippen MR) is 77.6 cm³/mol. The quantitative estimate of drug-likeness (QED) is 0.891. The van der Waals surface area contributed by atoms with E-state index < -0.39 is 11.6 Å². The van der Waals surface area contributed by atoms with Gasteiger partial charge in [0.25, 0.3) is 0 Å². The lowest BCUT2D eigenvalue weighted by molar-refractivity contribution is 0.140. The van der Waals surface area contributed by atoms with E-state index in [0.717, 1.165) is 37.7 Å². The van der Waals surface area contributed by atoms with Crippen LogP contribution in [0.4, 0.5) is 8.78 Å². The molecule has 1 aromatic carbocycles. The molecule has 112 valence electrons. The Hall–Kier alpha value is -1.00. The number of hydrogen-bond donors (Lipinski definition) is 1. The Labute approximate surface area is 120 Å². The Bertz CT molecular complexity index is 428. The molecule has 0 radical (unpaired) electrons. The predicted octanol–water partition coefficient (Wildman–Crippen LogP) is 3.35. The first-order chi connectivity index (χ1) is 9.61. The highest BCUT2D eigenvalue weighted by atomic mass is 19.2. The Kier molecular flexibility index (Phi) is 5.49. The summed E-state index contributed by atoms with van der Waals surface area (Å²) in [6, 6.07) is 4.38. The minimum absolute atomic E-state index is 0.144. The molecule has 1 aliphatic heterocycles. The lowest BCUT2D eigenvalue weighted by atomic mass is 9.94. The van der Waals surface area contributed by atoms with Crippen LogP contribution in [0.3, 0.4) is 0 Å². The maximum absolute atomic E-state index is 13.3. The van der Waals surface area contributed by atoms with Crippen molar-refractivity contribution in [3.05, 3.63) is 35.4 Å². The molecule has 1 saturated heterocycles. The Morgan fingerprint density at radius 3 is 2.55 bits per heavy atom. The highest BCUT2D eigenvalue weighted by molar-refractivity contribution is 5.21. The topological polar surface area (TPSA) is 15.3 Å². The van der Waals surface area contributed by atoms with Gasteiger partial charge in [-0.2, -0.15) is 0 Å². The van der Waals surface area contributed by atoms with E-state index in [1.54, 1.807) is 6.07 Å². The third kappa shape index (κ3) is 3.76. The van der Waals surface area contributed by atoms with Gasteiger partial charge in [0.05, 0.1) is 0 Å². The molecule has 0 saturated carbocycles. The summed E-state index contributed by atoms with van der Waals surface area (Å²) in [5.41, 5.74) is 0.856. The van der Waals surface area contributed by atoms with Crippen molar-refractivity contribution in [1.82, 2.24) is 10.2 Å². The number of benzene rings is 1. The standard InChI is InChI=1S/C16H24F2N2/c1-3-19-11-13-6-8-20(9-7-13)12(2)14-4-5-15(17)16(18)10-14/h4-5,10,12-13,19H,3,6-9,11H2,1-2H3. The Balaban J connectivity index is 1.91. The zero-order valence-corrected chi connectivity index (χ0v) is 12.3. The van der Waals surface area contributed by atoms with Gasteiger partial charge in [-0.15, -0.1) is 0 Å². The maximum Gasteiger partial charge on any atom is 0.159 e. The molecule has 1 N–H and O–H groups in total. The Morgan fingerprint density at radius 2 is 1.95 bits per heavy atom. The lowest BCUT2D eigenvalue weighted by Gasteiger charge is -2.36. The summed E-state index contributed by atoms with van der Waals surface area (Å²) in [5, 5.41) is 3.40. The summed E-state index contributed by atoms with van der Waals surface area (Å²) < 4.78 is 26.3. The van der Waals surface area contributed by atoms with E-state index in [-0.39, 0.29) is 6.04 Å². The SMILES string of the molecule is CCNCC1CCN(C(C)c2ccc(F)c(F)c2)CC1. The van der Waals surface area contributed by atoms with Crippen LogP contribution in [0, 0.1) is 17.6 Å². The average Bonchev–Trinajstić information content (AvgIpc) is 2.48. The monoisotopic (exact) mass is 282 g/mol. The lowest BCUT2D eigenvalue weighted by Crippen LogP contribution is -2.38. The van der Waals surface area contributed by atoms with Gasteiger partial charge in [-0.25, -0.2) is 8.78 Å². The molecular formula is C16H24F2N2. The van der Waals surface area contributed by atoms with E-state index in [2.05, 4.69) is 24.1 Å². The molecule has 0 amide bonds. The molecule has 0 spiro atoms. The normalized spacial score (nSPS) is 19.2. The first-order valence-electron chi connectivity index (χ1n) is 7.51. The van der Waals surface area contributed by atoms with Crippen LogP contribution in [-0.4, -0.2) is 31.1 Å². The van der Waals surface area contributed by atoms with E-state index in [1.807, 2.05) is 0 Å². The molecule has 20 heavy (non-hydrogen) atoms. The molecule has 1 aromatic rings. The van der Waals surface area contributed by atoms with Crippen LogP contribution >= 0.6 is 0 Å². The van der Waals surface area contributed by atoms with Crippen LogP contribution in [0.25, 0.3) is 0 Å². The number of hydrogen-bond acceptors (Lipinski definition) is 2. The molecule has 0 aromatic heterocycles. The fourth-order valence-electron chi connectivity index (χ4n) is 2.88. The second kappa shape index (κ2) is 7.14. The maximum atomic E-state index is 13.3. The van der Waals surface area contributed by atoms with Crippen LogP contribution < -0.4 is 5.32 Å². The van der Waals surface area contributed by atoms with E-state index in [9.17, 15) is 8.78 Å². The fraction of sp³-hybridized carbons (Fsp3) is 0.625. The molecule has 1 fully saturated rings. The zero-order valence-electron chi connectivity index (χ0n) is 12.3. The van der Waals surface area contributed by atoms with Crippen LogP contribution in [0.1, 0.15) is 38.3 Å². The van der Waals surface area contributed by atoms with Gasteiger partial charge in [-0.1, -0.05) is 13.0 Å². The summed E-state index contributed by atoms with van der Waals surface area (Å²) in [6.07, 6.45) is 2.34. The van der Waals surface area contributed by atoms with Gasteiger partial charge < -0.3 is 5.32 Å². The number of rotatable bonds is 5. The van der Waals surface area contributed by atoms with E-state index in [0.29, 0.717) is 0 Å². The number of nitrogens with zero attached hydrogens (tertiary/aromatic N) is 1. The highest BCUT2D eigenvalue weighted by Crippen LogP contribution is 2.27. The molecule has 0 aliphatic carbocycles. The van der Waals surface area contributed by atoms with Crippen molar-refractivity contribution in [2.24, 2.45) is 5.92 Å². The van der Waals surface area contributed by atoms with Crippen LogP contribution in [0.2, 0.25) is 0 Å². The fourth-order valence-corrected chi connectivity index (χ4v) is 2.88. The van der Waals surface area contributed by atoms with Crippen LogP contribution in [0.5, 0.6) is 0 Å². The summed E-state index contributed by atoms with van der Waals surface area (Å²) in [6.45, 7) is 8.35. The summed E-state index contributed by atoms with van der Waals surface area (Å²) in [4.78, 5) is 2.36. The molecule has 2 rings (SSSR count). The number of piperidine rings is 1. The van der Waals surface area contributed by atoms with Gasteiger partial charge in [0.15, 0.2) is 11.6 Å². The smallest absolute Gasteiger partial charge is 0.159 e. The van der Waals surface area contributed by atoms with Gasteiger partial charge in [-0.3, -0.25) is 4.90 Å². The van der Waals surface area contributed by atoms with Crippen molar-refractivity contribution < 1.29 is 8.78 Å². The molecule has 1 unspecified atom stereocenters. The molecule has 1 heterocycles. The summed E-state index contributed by atoms with van der Waals surface area (Å²) in [7, 11) is 0. The second-order valence-electron chi connectivity index (χ2n) is 5.64. The third-order valence-electron chi connectivity index (χ3n) is 4.31. The zero-order chi connectivity index (χ0) is 14.5. The highest BCUT2D eigenvalue weighted by Gasteiger charge is 2.23. The molecule has 4 heteroatoms. The van der Waals surface area contributed by atoms with Gasteiger partial charge in [0, 0.05) is 6.04 Å². The van der Waals surface area contributed by atoms with E-state index in [1.165, 1.54) is 25.0 Å². The minimum atomic E-state index is -0.773. The van der Waals surface area contributed by atoms with Crippen molar-refractivity contribution in [3.8, 4) is 0 Å². The number of nitrogens with one attached hydrogen (secondary N) is 1. The van der Waals surface area contributed by atoms with Crippen LogP contribution in [-0.2, 0) is 0 Å². The first kappa shape index (κ1) is 15.4. The summed E-state index contributed by atoms with van der Waals surface area (Å²) >= 11 is 0. The third-order valence-corrected chi connectivity index (χ3v) is 4.31. The van der Waals surface area contributed by atoms with Crippen LogP contribution in [0.15, 0.2) is 18.2 Å². The Morgan fingerprint density at radius 1 is 1.25 bits per heavy atom. The number of halogens is 2. The van der Waals surface area contributed by atoms with Gasteiger partial charge in [0.2, 0.25) is 0 Å². The first-order valence-corrected chi connectivity index (χ1v) is 7.51. The minimum Gasteiger partial charge on any atom is -0.317 e. The molecule has 1 atom stereocenters. The largest absolute Gasteiger partial charge is 0.317 e. The van der Waals surface area contributed by atoms with Crippen molar-refractivity contribution >= 4 is 0 Å². The van der Waals surface area contributed by atoms with Gasteiger partial charge in [-0.05, 0) is 69.6 Å². The molecule has 1 aliphatic rings. The van der Waals surface area contributed by atoms with E-state index in [4.69, 9.17) is 0 Å². The van der Waals surface area contributed by atoms with Crippen molar-refractivity contribution in [2.75, 3.05) is 26.2 Å². The van der Waals surface area contributed by atoms with E-state index >= 15 is 0 Å². The number of likely N-dealkylation sites (tertiary alicyclic amines) is 1. The van der Waals surface area contributed by atoms with Crippen molar-refractivity contribution in [2.45, 2.75) is 32.7 Å². The van der Waals surface area contributed by atoms with Crippen molar-refractivity contribution in [1.29, 1.82) is 0 Å².